The van der Waals surface area contributed by atoms with Crippen LogP contribution in [0.25, 0.3) is 11.3 Å². The van der Waals surface area contributed by atoms with Crippen LogP contribution >= 0.6 is 0 Å². The van der Waals surface area contributed by atoms with E-state index >= 15 is 0 Å². The standard InChI is InChI=1S/C15H20N4/c1-15(2)7-3-4-13(15)19-10-17-9-12(19)11-5-6-14(16)18-8-11/h5-6,8-10,13H,3-4,7H2,1-2H3,(H2,16,18). The Morgan fingerprint density at radius 1 is 1.32 bits per heavy atom. The van der Waals surface area contributed by atoms with Crippen LogP contribution in [-0.4, -0.2) is 14.5 Å². The van der Waals surface area contributed by atoms with E-state index in [-0.39, 0.29) is 0 Å². The van der Waals surface area contributed by atoms with Crippen molar-refractivity contribution in [1.82, 2.24) is 14.5 Å². The van der Waals surface area contributed by atoms with E-state index in [1.54, 1.807) is 0 Å². The van der Waals surface area contributed by atoms with Crippen LogP contribution in [0, 0.1) is 5.41 Å². The summed E-state index contributed by atoms with van der Waals surface area (Å²) < 4.78 is 2.31. The van der Waals surface area contributed by atoms with Crippen LogP contribution < -0.4 is 5.73 Å². The Morgan fingerprint density at radius 3 is 2.79 bits per heavy atom. The number of nitrogen functional groups attached to an aromatic ring is 1. The first-order valence-corrected chi connectivity index (χ1v) is 6.82. The molecule has 1 unspecified atom stereocenters. The zero-order valence-electron chi connectivity index (χ0n) is 11.5. The van der Waals surface area contributed by atoms with Crippen molar-refractivity contribution in [1.29, 1.82) is 0 Å². The molecule has 0 amide bonds. The van der Waals surface area contributed by atoms with E-state index in [1.165, 1.54) is 19.3 Å². The SMILES string of the molecule is CC1(C)CCCC1n1cncc1-c1ccc(N)nc1. The Kier molecular flexibility index (Phi) is 2.81. The molecule has 19 heavy (non-hydrogen) atoms. The minimum atomic E-state index is 0.330. The smallest absolute Gasteiger partial charge is 0.123 e. The number of aromatic nitrogens is 3. The third kappa shape index (κ3) is 2.11. The molecule has 2 aromatic heterocycles. The maximum absolute atomic E-state index is 5.65. The van der Waals surface area contributed by atoms with Gasteiger partial charge in [-0.15, -0.1) is 0 Å². The molecule has 3 rings (SSSR count). The van der Waals surface area contributed by atoms with Crippen LogP contribution in [0.4, 0.5) is 5.82 Å². The van der Waals surface area contributed by atoms with Gasteiger partial charge in [-0.05, 0) is 30.4 Å². The minimum Gasteiger partial charge on any atom is -0.384 e. The fourth-order valence-electron chi connectivity index (χ4n) is 3.16. The Balaban J connectivity index is 2.01. The summed E-state index contributed by atoms with van der Waals surface area (Å²) >= 11 is 0. The second-order valence-electron chi connectivity index (χ2n) is 6.05. The third-order valence-corrected chi connectivity index (χ3v) is 4.28. The molecule has 4 nitrogen and oxygen atoms in total. The largest absolute Gasteiger partial charge is 0.384 e. The summed E-state index contributed by atoms with van der Waals surface area (Å²) in [5.74, 6) is 0.552. The van der Waals surface area contributed by atoms with Gasteiger partial charge in [-0.1, -0.05) is 20.3 Å². The topological polar surface area (TPSA) is 56.7 Å². The van der Waals surface area contributed by atoms with Gasteiger partial charge < -0.3 is 10.3 Å². The normalized spacial score (nSPS) is 21.7. The molecular formula is C15H20N4. The van der Waals surface area contributed by atoms with Crippen LogP contribution in [0.2, 0.25) is 0 Å². The average Bonchev–Trinajstić information content (AvgIpc) is 2.95. The first-order valence-electron chi connectivity index (χ1n) is 6.82. The van der Waals surface area contributed by atoms with Gasteiger partial charge in [0.25, 0.3) is 0 Å². The van der Waals surface area contributed by atoms with Crippen molar-refractivity contribution in [3.8, 4) is 11.3 Å². The average molecular weight is 256 g/mol. The van der Waals surface area contributed by atoms with Crippen molar-refractivity contribution in [3.05, 3.63) is 30.9 Å². The van der Waals surface area contributed by atoms with Gasteiger partial charge in [-0.2, -0.15) is 0 Å². The Labute approximate surface area is 113 Å². The molecule has 0 aromatic carbocycles. The summed E-state index contributed by atoms with van der Waals surface area (Å²) in [6, 6.07) is 4.37. The minimum absolute atomic E-state index is 0.330. The summed E-state index contributed by atoms with van der Waals surface area (Å²) in [6.07, 6.45) is 9.47. The van der Waals surface area contributed by atoms with Gasteiger partial charge in [0.2, 0.25) is 0 Å². The van der Waals surface area contributed by atoms with Gasteiger partial charge in [-0.3, -0.25) is 0 Å². The van der Waals surface area contributed by atoms with Crippen LogP contribution in [0.1, 0.15) is 39.2 Å². The number of hydrogen-bond acceptors (Lipinski definition) is 3. The van der Waals surface area contributed by atoms with Crippen LogP contribution in [0.5, 0.6) is 0 Å². The summed E-state index contributed by atoms with van der Waals surface area (Å²) in [7, 11) is 0. The first kappa shape index (κ1) is 12.2. The molecule has 0 aliphatic heterocycles. The highest BCUT2D eigenvalue weighted by molar-refractivity contribution is 5.59. The predicted molar refractivity (Wildman–Crippen MR) is 76.5 cm³/mol. The van der Waals surface area contributed by atoms with Crippen molar-refractivity contribution < 1.29 is 0 Å². The van der Waals surface area contributed by atoms with Gasteiger partial charge in [0.05, 0.1) is 18.2 Å². The highest BCUT2D eigenvalue weighted by Crippen LogP contribution is 2.47. The molecule has 0 radical (unpaired) electrons. The number of pyridine rings is 1. The quantitative estimate of drug-likeness (QED) is 0.897. The van der Waals surface area contributed by atoms with E-state index in [2.05, 4.69) is 28.4 Å². The molecule has 100 valence electrons. The van der Waals surface area contributed by atoms with E-state index in [0.717, 1.165) is 11.3 Å². The highest BCUT2D eigenvalue weighted by atomic mass is 15.1. The van der Waals surface area contributed by atoms with E-state index in [9.17, 15) is 0 Å². The molecule has 1 fully saturated rings. The van der Waals surface area contributed by atoms with Gasteiger partial charge in [-0.25, -0.2) is 9.97 Å². The Morgan fingerprint density at radius 2 is 2.16 bits per heavy atom. The second-order valence-corrected chi connectivity index (χ2v) is 6.05. The van der Waals surface area contributed by atoms with Crippen molar-refractivity contribution in [2.75, 3.05) is 5.73 Å². The van der Waals surface area contributed by atoms with E-state index in [0.29, 0.717) is 17.3 Å². The maximum Gasteiger partial charge on any atom is 0.123 e. The second kappa shape index (κ2) is 4.37. The van der Waals surface area contributed by atoms with E-state index in [4.69, 9.17) is 5.73 Å². The molecule has 0 bridgehead atoms. The lowest BCUT2D eigenvalue weighted by atomic mass is 9.87. The molecule has 1 aliphatic rings. The number of nitrogens with two attached hydrogens (primary N) is 1. The number of nitrogens with zero attached hydrogens (tertiary/aromatic N) is 3. The summed E-state index contributed by atoms with van der Waals surface area (Å²) in [5.41, 5.74) is 8.19. The monoisotopic (exact) mass is 256 g/mol. The van der Waals surface area contributed by atoms with Gasteiger partial charge >= 0.3 is 0 Å². The Bertz CT molecular complexity index is 568. The molecule has 1 saturated carbocycles. The number of imidazole rings is 1. The molecular weight excluding hydrogens is 236 g/mol. The fraction of sp³-hybridized carbons (Fsp3) is 0.467. The zero-order valence-corrected chi connectivity index (χ0v) is 11.5. The van der Waals surface area contributed by atoms with Gasteiger partial charge in [0, 0.05) is 17.8 Å². The van der Waals surface area contributed by atoms with E-state index < -0.39 is 0 Å². The number of anilines is 1. The fourth-order valence-corrected chi connectivity index (χ4v) is 3.16. The molecule has 4 heteroatoms. The summed E-state index contributed by atoms with van der Waals surface area (Å²) in [6.45, 7) is 4.69. The van der Waals surface area contributed by atoms with Crippen molar-refractivity contribution >= 4 is 5.82 Å². The van der Waals surface area contributed by atoms with Gasteiger partial charge in [0.15, 0.2) is 0 Å². The van der Waals surface area contributed by atoms with Crippen LogP contribution in [0.3, 0.4) is 0 Å². The predicted octanol–water partition coefficient (Wildman–Crippen LogP) is 3.28. The number of hydrogen-bond donors (Lipinski definition) is 1. The van der Waals surface area contributed by atoms with Crippen molar-refractivity contribution in [2.45, 2.75) is 39.2 Å². The lowest BCUT2D eigenvalue weighted by Crippen LogP contribution is -2.21. The zero-order chi connectivity index (χ0) is 13.5. The lowest BCUT2D eigenvalue weighted by Gasteiger charge is -2.29. The molecule has 1 atom stereocenters. The molecule has 2 N–H and O–H groups in total. The van der Waals surface area contributed by atoms with Crippen LogP contribution in [0.15, 0.2) is 30.9 Å². The van der Waals surface area contributed by atoms with Gasteiger partial charge in [0.1, 0.15) is 5.82 Å². The summed E-state index contributed by atoms with van der Waals surface area (Å²) in [4.78, 5) is 8.51. The molecule has 0 spiro atoms. The number of rotatable bonds is 2. The lowest BCUT2D eigenvalue weighted by molar-refractivity contribution is 0.262. The molecule has 0 saturated heterocycles. The Hall–Kier alpha value is -1.84. The molecule has 2 heterocycles. The maximum atomic E-state index is 5.65. The third-order valence-electron chi connectivity index (χ3n) is 4.28. The first-order chi connectivity index (χ1) is 9.08. The summed E-state index contributed by atoms with van der Waals surface area (Å²) in [5, 5.41) is 0. The highest BCUT2D eigenvalue weighted by Gasteiger charge is 2.36. The van der Waals surface area contributed by atoms with E-state index in [1.807, 2.05) is 30.9 Å². The van der Waals surface area contributed by atoms with Crippen LogP contribution in [-0.2, 0) is 0 Å². The van der Waals surface area contributed by atoms with Crippen molar-refractivity contribution in [2.24, 2.45) is 5.41 Å². The molecule has 2 aromatic rings. The van der Waals surface area contributed by atoms with Crippen molar-refractivity contribution in [3.63, 3.8) is 0 Å². The molecule has 1 aliphatic carbocycles.